The standard InChI is InChI=1S/C11H16O3/c1-11(2,3)10-6-4-9(5-7-10)8-13-14-12/h4-7,12H,8H2,1-3H3. The Labute approximate surface area is 84.1 Å². The van der Waals surface area contributed by atoms with Gasteiger partial charge < -0.3 is 0 Å². The molecule has 0 spiro atoms. The predicted molar refractivity (Wildman–Crippen MR) is 53.6 cm³/mol. The summed E-state index contributed by atoms with van der Waals surface area (Å²) in [5, 5.41) is 11.5. The zero-order valence-corrected chi connectivity index (χ0v) is 8.78. The molecule has 0 amide bonds. The van der Waals surface area contributed by atoms with Crippen molar-refractivity contribution in [2.24, 2.45) is 0 Å². The van der Waals surface area contributed by atoms with Crippen molar-refractivity contribution in [3.05, 3.63) is 35.4 Å². The summed E-state index contributed by atoms with van der Waals surface area (Å²) in [6, 6.07) is 8.02. The SMILES string of the molecule is CC(C)(C)c1ccc(COOO)cc1. The summed E-state index contributed by atoms with van der Waals surface area (Å²) in [6.45, 7) is 6.74. The van der Waals surface area contributed by atoms with Crippen LogP contribution >= 0.6 is 0 Å². The fraction of sp³-hybridized carbons (Fsp3) is 0.455. The molecular formula is C11H16O3. The molecule has 14 heavy (non-hydrogen) atoms. The topological polar surface area (TPSA) is 38.7 Å². The van der Waals surface area contributed by atoms with Gasteiger partial charge in [-0.2, -0.15) is 0 Å². The van der Waals surface area contributed by atoms with Gasteiger partial charge in [0.25, 0.3) is 0 Å². The second kappa shape index (κ2) is 4.55. The molecule has 1 N–H and O–H groups in total. The molecule has 0 unspecified atom stereocenters. The largest absolute Gasteiger partial charge is 0.221 e. The van der Waals surface area contributed by atoms with Crippen molar-refractivity contribution in [3.8, 4) is 0 Å². The highest BCUT2D eigenvalue weighted by atomic mass is 17.5. The average molecular weight is 196 g/mol. The third-order valence-corrected chi connectivity index (χ3v) is 2.10. The normalized spacial score (nSPS) is 11.7. The minimum Gasteiger partial charge on any atom is -0.221 e. The third-order valence-electron chi connectivity index (χ3n) is 2.10. The molecule has 1 rings (SSSR count). The van der Waals surface area contributed by atoms with Crippen molar-refractivity contribution in [2.75, 3.05) is 0 Å². The highest BCUT2D eigenvalue weighted by Crippen LogP contribution is 2.22. The molecule has 0 atom stereocenters. The summed E-state index contributed by atoms with van der Waals surface area (Å²) in [5.74, 6) is 0. The molecule has 0 heterocycles. The van der Waals surface area contributed by atoms with Gasteiger partial charge in [-0.3, -0.25) is 0 Å². The van der Waals surface area contributed by atoms with Gasteiger partial charge in [0.2, 0.25) is 0 Å². The zero-order chi connectivity index (χ0) is 10.6. The summed E-state index contributed by atoms with van der Waals surface area (Å²) in [5.41, 5.74) is 2.39. The monoisotopic (exact) mass is 196 g/mol. The predicted octanol–water partition coefficient (Wildman–Crippen LogP) is 2.91. The van der Waals surface area contributed by atoms with Gasteiger partial charge in [-0.25, -0.2) is 10.1 Å². The molecule has 0 bridgehead atoms. The summed E-state index contributed by atoms with van der Waals surface area (Å²) in [7, 11) is 0. The molecule has 0 saturated carbocycles. The zero-order valence-electron chi connectivity index (χ0n) is 8.78. The fourth-order valence-corrected chi connectivity index (χ4v) is 1.20. The van der Waals surface area contributed by atoms with E-state index in [1.165, 1.54) is 5.56 Å². The maximum absolute atomic E-state index is 7.99. The van der Waals surface area contributed by atoms with E-state index in [9.17, 15) is 0 Å². The lowest BCUT2D eigenvalue weighted by Gasteiger charge is -2.18. The maximum Gasteiger partial charge on any atom is 0.110 e. The van der Waals surface area contributed by atoms with Gasteiger partial charge in [0.1, 0.15) is 6.61 Å². The van der Waals surface area contributed by atoms with Crippen molar-refractivity contribution in [1.82, 2.24) is 0 Å². The molecule has 0 aliphatic carbocycles. The maximum atomic E-state index is 7.99. The Balaban J connectivity index is 2.69. The molecule has 1 aromatic carbocycles. The van der Waals surface area contributed by atoms with E-state index in [0.717, 1.165) is 5.56 Å². The Morgan fingerprint density at radius 1 is 1.14 bits per heavy atom. The summed E-state index contributed by atoms with van der Waals surface area (Å²) >= 11 is 0. The molecule has 0 aromatic heterocycles. The van der Waals surface area contributed by atoms with E-state index in [2.05, 4.69) is 42.8 Å². The van der Waals surface area contributed by atoms with E-state index in [0.29, 0.717) is 0 Å². The van der Waals surface area contributed by atoms with E-state index < -0.39 is 0 Å². The van der Waals surface area contributed by atoms with Crippen LogP contribution in [0.1, 0.15) is 31.9 Å². The van der Waals surface area contributed by atoms with Crippen molar-refractivity contribution in [2.45, 2.75) is 32.8 Å². The lowest BCUT2D eigenvalue weighted by atomic mass is 9.87. The van der Waals surface area contributed by atoms with Gasteiger partial charge in [0.05, 0.1) is 0 Å². The Morgan fingerprint density at radius 2 is 1.71 bits per heavy atom. The first-order valence-electron chi connectivity index (χ1n) is 4.56. The Hall–Kier alpha value is -0.900. The van der Waals surface area contributed by atoms with Crippen molar-refractivity contribution >= 4 is 0 Å². The van der Waals surface area contributed by atoms with Gasteiger partial charge in [-0.05, 0) is 16.5 Å². The number of hydrogen-bond donors (Lipinski definition) is 1. The van der Waals surface area contributed by atoms with Crippen LogP contribution < -0.4 is 0 Å². The van der Waals surface area contributed by atoms with Crippen LogP contribution in [0.25, 0.3) is 0 Å². The molecule has 1 aromatic rings. The first-order chi connectivity index (χ1) is 6.54. The molecule has 0 saturated heterocycles. The molecule has 3 nitrogen and oxygen atoms in total. The van der Waals surface area contributed by atoms with Gasteiger partial charge in [-0.15, -0.1) is 0 Å². The quantitative estimate of drug-likeness (QED) is 0.596. The van der Waals surface area contributed by atoms with Crippen molar-refractivity contribution in [3.63, 3.8) is 0 Å². The third kappa shape index (κ3) is 3.10. The van der Waals surface area contributed by atoms with Gasteiger partial charge in [0.15, 0.2) is 0 Å². The van der Waals surface area contributed by atoms with Gasteiger partial charge in [0, 0.05) is 0 Å². The van der Waals surface area contributed by atoms with Crippen molar-refractivity contribution < 1.29 is 15.2 Å². The summed E-state index contributed by atoms with van der Waals surface area (Å²) < 4.78 is 0. The number of benzene rings is 1. The number of hydrogen-bond acceptors (Lipinski definition) is 3. The van der Waals surface area contributed by atoms with Crippen LogP contribution in [-0.2, 0) is 21.9 Å². The van der Waals surface area contributed by atoms with E-state index in [1.807, 2.05) is 12.1 Å². The second-order valence-electron chi connectivity index (χ2n) is 4.28. The van der Waals surface area contributed by atoms with Crippen LogP contribution in [0.4, 0.5) is 0 Å². The molecule has 0 aliphatic rings. The average Bonchev–Trinajstić information content (AvgIpc) is 2.14. The highest BCUT2D eigenvalue weighted by molar-refractivity contribution is 5.27. The van der Waals surface area contributed by atoms with E-state index in [-0.39, 0.29) is 12.0 Å². The van der Waals surface area contributed by atoms with Crippen LogP contribution in [0, 0.1) is 0 Å². The van der Waals surface area contributed by atoms with Crippen LogP contribution in [0.5, 0.6) is 0 Å². The molecule has 78 valence electrons. The summed E-state index contributed by atoms with van der Waals surface area (Å²) in [6.07, 6.45) is 0. The molecule has 0 aliphatic heterocycles. The molecule has 0 fully saturated rings. The first kappa shape index (κ1) is 11.2. The second-order valence-corrected chi connectivity index (χ2v) is 4.28. The Kier molecular flexibility index (Phi) is 3.63. The van der Waals surface area contributed by atoms with Crippen molar-refractivity contribution in [1.29, 1.82) is 0 Å². The first-order valence-corrected chi connectivity index (χ1v) is 4.56. The summed E-state index contributed by atoms with van der Waals surface area (Å²) in [4.78, 5) is 4.40. The lowest BCUT2D eigenvalue weighted by molar-refractivity contribution is -0.496. The Morgan fingerprint density at radius 3 is 2.14 bits per heavy atom. The highest BCUT2D eigenvalue weighted by Gasteiger charge is 2.12. The van der Waals surface area contributed by atoms with E-state index in [1.54, 1.807) is 0 Å². The molecule has 3 heteroatoms. The van der Waals surface area contributed by atoms with Gasteiger partial charge in [-0.1, -0.05) is 50.1 Å². The van der Waals surface area contributed by atoms with E-state index in [4.69, 9.17) is 5.26 Å². The molecular weight excluding hydrogens is 180 g/mol. The van der Waals surface area contributed by atoms with Crippen LogP contribution in [0.3, 0.4) is 0 Å². The fourth-order valence-electron chi connectivity index (χ4n) is 1.20. The van der Waals surface area contributed by atoms with E-state index >= 15 is 0 Å². The van der Waals surface area contributed by atoms with Gasteiger partial charge >= 0.3 is 0 Å². The smallest absolute Gasteiger partial charge is 0.110 e. The molecule has 0 radical (unpaired) electrons. The van der Waals surface area contributed by atoms with Crippen LogP contribution in [-0.4, -0.2) is 5.26 Å². The lowest BCUT2D eigenvalue weighted by Crippen LogP contribution is -2.10. The van der Waals surface area contributed by atoms with Crippen LogP contribution in [0.2, 0.25) is 0 Å². The van der Waals surface area contributed by atoms with Crippen LogP contribution in [0.15, 0.2) is 24.3 Å². The number of rotatable bonds is 3. The minimum atomic E-state index is 0.160. The minimum absolute atomic E-state index is 0.160. The Bertz CT molecular complexity index is 272.